The summed E-state index contributed by atoms with van der Waals surface area (Å²) >= 11 is 0. The number of hydrogen-bond donors (Lipinski definition) is 2. The van der Waals surface area contributed by atoms with Crippen molar-refractivity contribution in [1.82, 2.24) is 9.55 Å². The number of ether oxygens (including phenoxy) is 1. The van der Waals surface area contributed by atoms with E-state index in [-0.39, 0.29) is 24.7 Å². The Labute approximate surface area is 185 Å². The number of hydrogen-bond acceptors (Lipinski definition) is 6. The highest BCUT2D eigenvalue weighted by Crippen LogP contribution is 2.21. The first-order valence-corrected chi connectivity index (χ1v) is 10.6. The monoisotopic (exact) mass is 440 g/mol. The van der Waals surface area contributed by atoms with Gasteiger partial charge in [-0.1, -0.05) is 32.4 Å². The smallest absolute Gasteiger partial charge is 0.330 e. The van der Waals surface area contributed by atoms with Gasteiger partial charge in [-0.25, -0.2) is 4.79 Å². The third-order valence-corrected chi connectivity index (χ3v) is 5.11. The number of benzene rings is 1. The van der Waals surface area contributed by atoms with Crippen LogP contribution in [0.5, 0.6) is 5.75 Å². The number of carbonyl (C=O) groups excluding carboxylic acids is 1. The fourth-order valence-electron chi connectivity index (χ4n) is 3.27. The second kappa shape index (κ2) is 10.5. The fraction of sp³-hybridized carbons (Fsp3) is 0.348. The van der Waals surface area contributed by atoms with Gasteiger partial charge in [0.2, 0.25) is 0 Å². The number of H-pyrrole nitrogens is 1. The number of rotatable bonds is 10. The lowest BCUT2D eigenvalue weighted by atomic mass is 10.2. The van der Waals surface area contributed by atoms with Gasteiger partial charge in [-0.2, -0.15) is 0 Å². The number of amides is 1. The van der Waals surface area contributed by atoms with E-state index in [1.807, 2.05) is 26.0 Å². The number of nitrogen functional groups attached to an aromatic ring is 1. The standard InChI is InChI=1S/C23H28N4O5/c1-3-5-12-26-21(24)20(22(29)25-23(26)30)27(14-18-7-6-13-31-18)19(28)15-32-17-10-8-16(4-2)9-11-17/h6-11,13H,3-5,12,14-15,24H2,1-2H3,(H,25,29,30). The van der Waals surface area contributed by atoms with Crippen molar-refractivity contribution in [3.63, 3.8) is 0 Å². The minimum Gasteiger partial charge on any atom is -0.484 e. The number of nitrogens with zero attached hydrogens (tertiary/aromatic N) is 2. The summed E-state index contributed by atoms with van der Waals surface area (Å²) < 4.78 is 12.3. The number of aryl methyl sites for hydroxylation is 1. The second-order valence-corrected chi connectivity index (χ2v) is 7.34. The SMILES string of the molecule is CCCCn1c(N)c(N(Cc2ccco2)C(=O)COc2ccc(CC)cc2)c(=O)[nH]c1=O. The zero-order valence-electron chi connectivity index (χ0n) is 18.3. The second-order valence-electron chi connectivity index (χ2n) is 7.34. The molecular weight excluding hydrogens is 412 g/mol. The van der Waals surface area contributed by atoms with Crippen molar-refractivity contribution in [1.29, 1.82) is 0 Å². The molecule has 2 aromatic heterocycles. The van der Waals surface area contributed by atoms with Crippen molar-refractivity contribution >= 4 is 17.4 Å². The molecule has 0 fully saturated rings. The van der Waals surface area contributed by atoms with Gasteiger partial charge in [-0.15, -0.1) is 0 Å². The lowest BCUT2D eigenvalue weighted by Crippen LogP contribution is -2.42. The third-order valence-electron chi connectivity index (χ3n) is 5.11. The highest BCUT2D eigenvalue weighted by atomic mass is 16.5. The van der Waals surface area contributed by atoms with E-state index < -0.39 is 17.2 Å². The summed E-state index contributed by atoms with van der Waals surface area (Å²) in [6.07, 6.45) is 3.89. The van der Waals surface area contributed by atoms with E-state index >= 15 is 0 Å². The van der Waals surface area contributed by atoms with Gasteiger partial charge in [0, 0.05) is 6.54 Å². The van der Waals surface area contributed by atoms with E-state index in [0.717, 1.165) is 18.4 Å². The Bertz CT molecular complexity index is 1150. The molecule has 0 spiro atoms. The Morgan fingerprint density at radius 2 is 1.94 bits per heavy atom. The van der Waals surface area contributed by atoms with Crippen LogP contribution in [0.4, 0.5) is 11.5 Å². The number of anilines is 2. The van der Waals surface area contributed by atoms with Gasteiger partial charge in [-0.05, 0) is 42.7 Å². The molecule has 3 N–H and O–H groups in total. The van der Waals surface area contributed by atoms with Gasteiger partial charge < -0.3 is 14.9 Å². The molecule has 3 aromatic rings. The molecule has 3 rings (SSSR count). The Morgan fingerprint density at radius 1 is 1.19 bits per heavy atom. The Balaban J connectivity index is 1.92. The number of furan rings is 1. The zero-order valence-corrected chi connectivity index (χ0v) is 18.3. The topological polar surface area (TPSA) is 124 Å². The van der Waals surface area contributed by atoms with Crippen LogP contribution in [-0.2, 0) is 24.3 Å². The summed E-state index contributed by atoms with van der Waals surface area (Å²) in [5.74, 6) is 0.414. The van der Waals surface area contributed by atoms with Crippen LogP contribution in [0.25, 0.3) is 0 Å². The molecule has 0 radical (unpaired) electrons. The largest absolute Gasteiger partial charge is 0.484 e. The molecule has 0 aliphatic carbocycles. The first-order valence-electron chi connectivity index (χ1n) is 10.6. The first-order chi connectivity index (χ1) is 15.4. The molecule has 9 heteroatoms. The predicted octanol–water partition coefficient (Wildman–Crippen LogP) is 2.69. The van der Waals surface area contributed by atoms with Gasteiger partial charge in [-0.3, -0.25) is 24.0 Å². The van der Waals surface area contributed by atoms with Gasteiger partial charge in [0.05, 0.1) is 12.8 Å². The zero-order chi connectivity index (χ0) is 23.1. The lowest BCUT2D eigenvalue weighted by molar-refractivity contribution is -0.120. The van der Waals surface area contributed by atoms with Crippen LogP contribution < -0.4 is 26.6 Å². The summed E-state index contributed by atoms with van der Waals surface area (Å²) in [7, 11) is 0. The van der Waals surface area contributed by atoms with Gasteiger partial charge >= 0.3 is 5.69 Å². The highest BCUT2D eigenvalue weighted by Gasteiger charge is 2.25. The van der Waals surface area contributed by atoms with E-state index in [4.69, 9.17) is 14.9 Å². The van der Waals surface area contributed by atoms with E-state index in [1.165, 1.54) is 15.7 Å². The Kier molecular flexibility index (Phi) is 7.54. The number of unbranched alkanes of at least 4 members (excludes halogenated alkanes) is 1. The van der Waals surface area contributed by atoms with Crippen LogP contribution >= 0.6 is 0 Å². The van der Waals surface area contributed by atoms with Crippen molar-refractivity contribution < 1.29 is 13.9 Å². The van der Waals surface area contributed by atoms with Crippen molar-refractivity contribution in [2.75, 3.05) is 17.2 Å². The number of nitrogens with one attached hydrogen (secondary N) is 1. The molecule has 0 bridgehead atoms. The maximum atomic E-state index is 13.1. The van der Waals surface area contributed by atoms with Crippen LogP contribution in [0.1, 0.15) is 38.0 Å². The summed E-state index contributed by atoms with van der Waals surface area (Å²) in [6, 6.07) is 10.8. The number of aromatic nitrogens is 2. The van der Waals surface area contributed by atoms with E-state index in [0.29, 0.717) is 24.5 Å². The quantitative estimate of drug-likeness (QED) is 0.500. The Hall–Kier alpha value is -3.75. The van der Waals surface area contributed by atoms with Crippen molar-refractivity contribution in [2.45, 2.75) is 46.2 Å². The normalized spacial score (nSPS) is 10.8. The molecule has 0 aliphatic rings. The van der Waals surface area contributed by atoms with Crippen LogP contribution in [0.3, 0.4) is 0 Å². The van der Waals surface area contributed by atoms with Crippen molar-refractivity contribution in [3.05, 3.63) is 74.8 Å². The summed E-state index contributed by atoms with van der Waals surface area (Å²) in [5.41, 5.74) is 5.90. The minimum atomic E-state index is -0.743. The molecule has 0 saturated heterocycles. The van der Waals surface area contributed by atoms with Crippen LogP contribution in [0.2, 0.25) is 0 Å². The number of nitrogens with two attached hydrogens (primary N) is 1. The van der Waals surface area contributed by atoms with Gasteiger partial charge in [0.25, 0.3) is 11.5 Å². The maximum absolute atomic E-state index is 13.1. The fourth-order valence-corrected chi connectivity index (χ4v) is 3.27. The molecule has 0 atom stereocenters. The van der Waals surface area contributed by atoms with Crippen molar-refractivity contribution in [3.8, 4) is 5.75 Å². The van der Waals surface area contributed by atoms with Crippen LogP contribution in [-0.4, -0.2) is 22.1 Å². The van der Waals surface area contributed by atoms with E-state index in [1.54, 1.807) is 24.3 Å². The lowest BCUT2D eigenvalue weighted by Gasteiger charge is -2.24. The molecule has 32 heavy (non-hydrogen) atoms. The molecule has 1 amide bonds. The third kappa shape index (κ3) is 5.29. The number of aromatic amines is 1. The average molecular weight is 441 g/mol. The molecule has 9 nitrogen and oxygen atoms in total. The van der Waals surface area contributed by atoms with E-state index in [2.05, 4.69) is 4.98 Å². The Morgan fingerprint density at radius 3 is 2.56 bits per heavy atom. The predicted molar refractivity (Wildman–Crippen MR) is 122 cm³/mol. The molecule has 2 heterocycles. The van der Waals surface area contributed by atoms with Gasteiger partial charge in [0.15, 0.2) is 12.3 Å². The first kappa shape index (κ1) is 22.9. The molecule has 0 saturated carbocycles. The van der Waals surface area contributed by atoms with Crippen molar-refractivity contribution in [2.24, 2.45) is 0 Å². The summed E-state index contributed by atoms with van der Waals surface area (Å²) in [5, 5.41) is 0. The summed E-state index contributed by atoms with van der Waals surface area (Å²) in [4.78, 5) is 41.6. The molecule has 0 aliphatic heterocycles. The maximum Gasteiger partial charge on any atom is 0.330 e. The highest BCUT2D eigenvalue weighted by molar-refractivity contribution is 5.96. The molecule has 1 aromatic carbocycles. The number of carbonyl (C=O) groups is 1. The summed E-state index contributed by atoms with van der Waals surface area (Å²) in [6.45, 7) is 4.00. The minimum absolute atomic E-state index is 0.0385. The molecule has 0 unspecified atom stereocenters. The van der Waals surface area contributed by atoms with E-state index in [9.17, 15) is 14.4 Å². The van der Waals surface area contributed by atoms with Gasteiger partial charge in [0.1, 0.15) is 17.3 Å². The molecule has 170 valence electrons. The molecular formula is C23H28N4O5. The average Bonchev–Trinajstić information content (AvgIpc) is 3.30. The van der Waals surface area contributed by atoms with Crippen LogP contribution in [0.15, 0.2) is 56.7 Å². The van der Waals surface area contributed by atoms with Crippen LogP contribution in [0, 0.1) is 0 Å².